The SMILES string of the molecule is CCCCCn1nc(C(=O)NCC2(c3ccc4c(c3)OCO4)CCOCC2)c2ccccc2c1=O. The van der Waals surface area contributed by atoms with E-state index in [0.29, 0.717) is 37.1 Å². The molecule has 2 aliphatic rings. The van der Waals surface area contributed by atoms with Gasteiger partial charge in [0.05, 0.1) is 5.39 Å². The normalized spacial score (nSPS) is 16.4. The lowest BCUT2D eigenvalue weighted by Crippen LogP contribution is -2.45. The third kappa shape index (κ3) is 4.62. The summed E-state index contributed by atoms with van der Waals surface area (Å²) in [6.07, 6.45) is 4.44. The van der Waals surface area contributed by atoms with Crippen LogP contribution in [-0.2, 0) is 16.7 Å². The van der Waals surface area contributed by atoms with Gasteiger partial charge >= 0.3 is 0 Å². The van der Waals surface area contributed by atoms with Gasteiger partial charge in [-0.25, -0.2) is 4.68 Å². The van der Waals surface area contributed by atoms with Gasteiger partial charge in [-0.05, 0) is 43.0 Å². The molecule has 8 heteroatoms. The molecule has 2 aliphatic heterocycles. The number of hydrogen-bond acceptors (Lipinski definition) is 6. The topological polar surface area (TPSA) is 91.7 Å². The van der Waals surface area contributed by atoms with Crippen molar-refractivity contribution < 1.29 is 19.0 Å². The van der Waals surface area contributed by atoms with Gasteiger partial charge < -0.3 is 19.5 Å². The van der Waals surface area contributed by atoms with Crippen molar-refractivity contribution >= 4 is 16.7 Å². The molecule has 5 rings (SSSR count). The molecule has 35 heavy (non-hydrogen) atoms. The first-order chi connectivity index (χ1) is 17.1. The molecule has 0 unspecified atom stereocenters. The number of benzene rings is 2. The van der Waals surface area contributed by atoms with Gasteiger partial charge in [-0.3, -0.25) is 9.59 Å². The molecule has 1 fully saturated rings. The predicted octanol–water partition coefficient (Wildman–Crippen LogP) is 3.79. The van der Waals surface area contributed by atoms with Crippen LogP contribution in [0.4, 0.5) is 0 Å². The Kier molecular flexibility index (Phi) is 6.72. The Bertz CT molecular complexity index is 1280. The Hall–Kier alpha value is -3.39. The molecule has 0 aliphatic carbocycles. The number of carbonyl (C=O) groups is 1. The van der Waals surface area contributed by atoms with E-state index in [1.165, 1.54) is 4.68 Å². The highest BCUT2D eigenvalue weighted by molar-refractivity contribution is 6.04. The first-order valence-corrected chi connectivity index (χ1v) is 12.4. The van der Waals surface area contributed by atoms with Crippen LogP contribution in [0.15, 0.2) is 47.3 Å². The molecule has 1 N–H and O–H groups in total. The molecule has 1 saturated heterocycles. The fourth-order valence-corrected chi connectivity index (χ4v) is 4.96. The summed E-state index contributed by atoms with van der Waals surface area (Å²) in [5.41, 5.74) is 0.923. The largest absolute Gasteiger partial charge is 0.454 e. The second-order valence-electron chi connectivity index (χ2n) is 9.27. The average Bonchev–Trinajstić information content (AvgIpc) is 3.37. The predicted molar refractivity (Wildman–Crippen MR) is 132 cm³/mol. The Morgan fingerprint density at radius 3 is 2.63 bits per heavy atom. The lowest BCUT2D eigenvalue weighted by Gasteiger charge is -2.38. The zero-order valence-electron chi connectivity index (χ0n) is 20.0. The van der Waals surface area contributed by atoms with Gasteiger partial charge in [0.1, 0.15) is 0 Å². The highest BCUT2D eigenvalue weighted by Crippen LogP contribution is 2.40. The number of unbranched alkanes of at least 4 members (excludes halogenated alkanes) is 2. The highest BCUT2D eigenvalue weighted by atomic mass is 16.7. The number of rotatable bonds is 8. The van der Waals surface area contributed by atoms with Crippen LogP contribution in [0.2, 0.25) is 0 Å². The molecule has 0 bridgehead atoms. The molecule has 0 saturated carbocycles. The van der Waals surface area contributed by atoms with Crippen LogP contribution in [0.1, 0.15) is 55.1 Å². The minimum Gasteiger partial charge on any atom is -0.454 e. The van der Waals surface area contributed by atoms with Crippen molar-refractivity contribution in [3.63, 3.8) is 0 Å². The van der Waals surface area contributed by atoms with Crippen LogP contribution in [-0.4, -0.2) is 42.2 Å². The summed E-state index contributed by atoms with van der Waals surface area (Å²) in [4.78, 5) is 26.5. The van der Waals surface area contributed by atoms with E-state index in [1.807, 2.05) is 30.3 Å². The zero-order valence-corrected chi connectivity index (χ0v) is 20.0. The Morgan fingerprint density at radius 2 is 1.83 bits per heavy atom. The molecule has 8 nitrogen and oxygen atoms in total. The Balaban J connectivity index is 1.44. The monoisotopic (exact) mass is 477 g/mol. The molecular formula is C27H31N3O5. The molecular weight excluding hydrogens is 446 g/mol. The molecule has 0 radical (unpaired) electrons. The molecule has 3 aromatic rings. The lowest BCUT2D eigenvalue weighted by atomic mass is 9.74. The van der Waals surface area contributed by atoms with E-state index in [9.17, 15) is 9.59 Å². The van der Waals surface area contributed by atoms with E-state index >= 15 is 0 Å². The summed E-state index contributed by atoms with van der Waals surface area (Å²) in [5, 5.41) is 8.74. The molecule has 3 heterocycles. The smallest absolute Gasteiger partial charge is 0.274 e. The van der Waals surface area contributed by atoms with Gasteiger partial charge in [0.2, 0.25) is 6.79 Å². The van der Waals surface area contributed by atoms with Crippen molar-refractivity contribution in [3.8, 4) is 11.5 Å². The second kappa shape index (κ2) is 10.1. The summed E-state index contributed by atoms with van der Waals surface area (Å²) >= 11 is 0. The van der Waals surface area contributed by atoms with Crippen molar-refractivity contribution in [1.29, 1.82) is 0 Å². The van der Waals surface area contributed by atoms with E-state index in [2.05, 4.69) is 17.3 Å². The number of aromatic nitrogens is 2. The maximum atomic E-state index is 13.5. The maximum absolute atomic E-state index is 13.5. The van der Waals surface area contributed by atoms with Crippen molar-refractivity contribution in [2.75, 3.05) is 26.6 Å². The second-order valence-corrected chi connectivity index (χ2v) is 9.27. The fourth-order valence-electron chi connectivity index (χ4n) is 4.96. The number of nitrogens with one attached hydrogen (secondary N) is 1. The third-order valence-electron chi connectivity index (χ3n) is 7.08. The van der Waals surface area contributed by atoms with E-state index in [1.54, 1.807) is 12.1 Å². The molecule has 0 atom stereocenters. The van der Waals surface area contributed by atoms with Crippen molar-refractivity contribution in [2.45, 2.75) is 51.0 Å². The minimum atomic E-state index is -0.291. The number of nitrogens with zero attached hydrogens (tertiary/aromatic N) is 2. The van der Waals surface area contributed by atoms with E-state index in [-0.39, 0.29) is 29.4 Å². The minimum absolute atomic E-state index is 0.158. The number of carbonyl (C=O) groups excluding carboxylic acids is 1. The van der Waals surface area contributed by atoms with Gasteiger partial charge in [-0.2, -0.15) is 5.10 Å². The van der Waals surface area contributed by atoms with Crippen LogP contribution in [0.3, 0.4) is 0 Å². The molecule has 1 aromatic heterocycles. The van der Waals surface area contributed by atoms with Crippen LogP contribution < -0.4 is 20.3 Å². The number of ether oxygens (including phenoxy) is 3. The first-order valence-electron chi connectivity index (χ1n) is 12.4. The Labute approximate surface area is 204 Å². The van der Waals surface area contributed by atoms with Crippen LogP contribution >= 0.6 is 0 Å². The lowest BCUT2D eigenvalue weighted by molar-refractivity contribution is 0.0486. The zero-order chi connectivity index (χ0) is 24.3. The van der Waals surface area contributed by atoms with Gasteiger partial charge in [-0.15, -0.1) is 0 Å². The van der Waals surface area contributed by atoms with Gasteiger partial charge in [-0.1, -0.05) is 44.0 Å². The van der Waals surface area contributed by atoms with Gasteiger partial charge in [0.25, 0.3) is 11.5 Å². The molecule has 1 amide bonds. The van der Waals surface area contributed by atoms with E-state index in [0.717, 1.165) is 49.2 Å². The summed E-state index contributed by atoms with van der Waals surface area (Å²) in [7, 11) is 0. The number of amides is 1. The Morgan fingerprint density at radius 1 is 1.06 bits per heavy atom. The van der Waals surface area contributed by atoms with Gasteiger partial charge in [0, 0.05) is 37.1 Å². The molecule has 184 valence electrons. The van der Waals surface area contributed by atoms with Crippen molar-refractivity contribution in [3.05, 3.63) is 64.1 Å². The van der Waals surface area contributed by atoms with E-state index in [4.69, 9.17) is 14.2 Å². The summed E-state index contributed by atoms with van der Waals surface area (Å²) < 4.78 is 18.2. The van der Waals surface area contributed by atoms with Crippen molar-refractivity contribution in [2.24, 2.45) is 0 Å². The van der Waals surface area contributed by atoms with Crippen LogP contribution in [0.5, 0.6) is 11.5 Å². The third-order valence-corrected chi connectivity index (χ3v) is 7.08. The standard InChI is InChI=1S/C27H31N3O5/c1-2-3-6-13-30-26(32)21-8-5-4-7-20(21)24(29-30)25(31)28-17-27(11-14-33-15-12-27)19-9-10-22-23(16-19)35-18-34-22/h4-5,7-10,16H,2-3,6,11-15,17-18H2,1H3,(H,28,31). The van der Waals surface area contributed by atoms with E-state index < -0.39 is 0 Å². The van der Waals surface area contributed by atoms with Gasteiger partial charge in [0.15, 0.2) is 17.2 Å². The number of aryl methyl sites for hydroxylation is 1. The summed E-state index contributed by atoms with van der Waals surface area (Å²) in [5.74, 6) is 1.18. The first kappa shape index (κ1) is 23.4. The fraction of sp³-hybridized carbons (Fsp3) is 0.444. The van der Waals surface area contributed by atoms with Crippen molar-refractivity contribution in [1.82, 2.24) is 15.1 Å². The summed E-state index contributed by atoms with van der Waals surface area (Å²) in [6.45, 7) is 4.50. The van der Waals surface area contributed by atoms with Crippen LogP contribution in [0, 0.1) is 0 Å². The molecule has 0 spiro atoms. The number of hydrogen-bond donors (Lipinski definition) is 1. The summed E-state index contributed by atoms with van der Waals surface area (Å²) in [6, 6.07) is 13.2. The quantitative estimate of drug-likeness (QED) is 0.497. The number of fused-ring (bicyclic) bond motifs is 2. The highest BCUT2D eigenvalue weighted by Gasteiger charge is 2.36. The van der Waals surface area contributed by atoms with Crippen LogP contribution in [0.25, 0.3) is 10.8 Å². The average molecular weight is 478 g/mol. The maximum Gasteiger partial charge on any atom is 0.274 e. The molecule has 2 aromatic carbocycles.